The van der Waals surface area contributed by atoms with E-state index in [-0.39, 0.29) is 24.1 Å². The first-order chi connectivity index (χ1) is 12.4. The molecule has 0 saturated heterocycles. The Kier molecular flexibility index (Phi) is 6.78. The predicted molar refractivity (Wildman–Crippen MR) is 102 cm³/mol. The summed E-state index contributed by atoms with van der Waals surface area (Å²) >= 11 is 0. The molecule has 5 nitrogen and oxygen atoms in total. The monoisotopic (exact) mass is 355 g/mol. The van der Waals surface area contributed by atoms with Gasteiger partial charge in [-0.15, -0.1) is 0 Å². The van der Waals surface area contributed by atoms with Crippen molar-refractivity contribution in [2.75, 3.05) is 5.32 Å². The lowest BCUT2D eigenvalue weighted by atomic mass is 10.1. The van der Waals surface area contributed by atoms with Crippen LogP contribution in [0.4, 0.5) is 5.69 Å². The van der Waals surface area contributed by atoms with Gasteiger partial charge >= 0.3 is 5.97 Å². The second kappa shape index (κ2) is 9.04. The van der Waals surface area contributed by atoms with Crippen molar-refractivity contribution < 1.29 is 19.1 Å². The number of carbonyl (C=O) groups excluding carboxylic acids is 2. The fourth-order valence-electron chi connectivity index (χ4n) is 2.20. The van der Waals surface area contributed by atoms with Crippen LogP contribution in [0.1, 0.15) is 54.8 Å². The molecule has 0 bridgehead atoms. The van der Waals surface area contributed by atoms with Crippen molar-refractivity contribution >= 4 is 17.6 Å². The van der Waals surface area contributed by atoms with Gasteiger partial charge in [-0.3, -0.25) is 4.79 Å². The van der Waals surface area contributed by atoms with Gasteiger partial charge in [0.1, 0.15) is 5.75 Å². The highest BCUT2D eigenvalue weighted by atomic mass is 16.5. The van der Waals surface area contributed by atoms with Crippen molar-refractivity contribution in [1.82, 2.24) is 0 Å². The van der Waals surface area contributed by atoms with Gasteiger partial charge in [0.2, 0.25) is 0 Å². The van der Waals surface area contributed by atoms with Crippen molar-refractivity contribution in [3.63, 3.8) is 0 Å². The molecular weight excluding hydrogens is 330 g/mol. The summed E-state index contributed by atoms with van der Waals surface area (Å²) in [5.41, 5.74) is 1.55. The molecule has 0 saturated carbocycles. The second-order valence-corrected chi connectivity index (χ2v) is 6.35. The highest BCUT2D eigenvalue weighted by Crippen LogP contribution is 2.18. The van der Waals surface area contributed by atoms with E-state index >= 15 is 0 Å². The highest BCUT2D eigenvalue weighted by Gasteiger charge is 2.11. The number of anilines is 1. The number of hydrogen-bond acceptors (Lipinski definition) is 4. The Bertz CT molecular complexity index is 753. The number of esters is 1. The van der Waals surface area contributed by atoms with Crippen molar-refractivity contribution in [2.24, 2.45) is 0 Å². The van der Waals surface area contributed by atoms with Crippen molar-refractivity contribution in [3.05, 3.63) is 59.7 Å². The maximum Gasteiger partial charge on any atom is 0.338 e. The molecule has 1 amide bonds. The number of amides is 1. The van der Waals surface area contributed by atoms with E-state index in [1.807, 2.05) is 19.9 Å². The lowest BCUT2D eigenvalue weighted by molar-refractivity contribution is 0.0378. The zero-order valence-electron chi connectivity index (χ0n) is 15.6. The summed E-state index contributed by atoms with van der Waals surface area (Å²) in [5.74, 6) is 0.0451. The van der Waals surface area contributed by atoms with Gasteiger partial charge in [-0.05, 0) is 69.7 Å². The fraction of sp³-hybridized carbons (Fsp3) is 0.333. The second-order valence-electron chi connectivity index (χ2n) is 6.35. The maximum absolute atomic E-state index is 12.4. The Hall–Kier alpha value is -2.82. The highest BCUT2D eigenvalue weighted by molar-refractivity contribution is 6.04. The molecule has 0 aliphatic heterocycles. The molecule has 138 valence electrons. The van der Waals surface area contributed by atoms with Gasteiger partial charge in [0.15, 0.2) is 0 Å². The summed E-state index contributed by atoms with van der Waals surface area (Å²) in [7, 11) is 0. The Labute approximate surface area is 154 Å². The van der Waals surface area contributed by atoms with Gasteiger partial charge in [0.25, 0.3) is 5.91 Å². The average molecular weight is 355 g/mol. The van der Waals surface area contributed by atoms with E-state index in [1.165, 1.54) is 0 Å². The topological polar surface area (TPSA) is 64.6 Å². The Morgan fingerprint density at radius 3 is 2.31 bits per heavy atom. The average Bonchev–Trinajstić information content (AvgIpc) is 2.61. The summed E-state index contributed by atoms with van der Waals surface area (Å²) in [6.45, 7) is 7.62. The maximum atomic E-state index is 12.4. The Balaban J connectivity index is 2.03. The number of nitrogens with one attached hydrogen (secondary N) is 1. The molecule has 0 radical (unpaired) electrons. The van der Waals surface area contributed by atoms with E-state index in [1.54, 1.807) is 56.3 Å². The summed E-state index contributed by atoms with van der Waals surface area (Å²) in [4.78, 5) is 24.3. The quantitative estimate of drug-likeness (QED) is 0.732. The third-order valence-corrected chi connectivity index (χ3v) is 3.73. The molecule has 0 aromatic heterocycles. The van der Waals surface area contributed by atoms with Crippen LogP contribution in [0.3, 0.4) is 0 Å². The van der Waals surface area contributed by atoms with Crippen LogP contribution in [0.25, 0.3) is 0 Å². The van der Waals surface area contributed by atoms with Gasteiger partial charge in [0, 0.05) is 11.3 Å². The first-order valence-corrected chi connectivity index (χ1v) is 8.78. The van der Waals surface area contributed by atoms with E-state index in [0.717, 1.165) is 6.42 Å². The molecule has 2 aromatic rings. The van der Waals surface area contributed by atoms with Crippen molar-refractivity contribution in [1.29, 1.82) is 0 Å². The van der Waals surface area contributed by atoms with Crippen molar-refractivity contribution in [3.8, 4) is 5.75 Å². The molecule has 1 N–H and O–H groups in total. The van der Waals surface area contributed by atoms with Gasteiger partial charge in [-0.2, -0.15) is 0 Å². The molecule has 0 fully saturated rings. The molecule has 0 heterocycles. The minimum absolute atomic E-state index is 0.0893. The largest absolute Gasteiger partial charge is 0.491 e. The Morgan fingerprint density at radius 1 is 1.00 bits per heavy atom. The predicted octanol–water partition coefficient (Wildman–Crippen LogP) is 4.68. The van der Waals surface area contributed by atoms with Crippen LogP contribution in [0.5, 0.6) is 5.75 Å². The SMILES string of the molecule is CCC(C)Oc1cccc(C(=O)Nc2ccc(C(=O)OC(C)C)cc2)c1. The van der Waals surface area contributed by atoms with Gasteiger partial charge in [-0.25, -0.2) is 4.79 Å². The molecule has 2 rings (SSSR count). The number of carbonyl (C=O) groups is 2. The van der Waals surface area contributed by atoms with E-state index < -0.39 is 0 Å². The third kappa shape index (κ3) is 5.62. The van der Waals surface area contributed by atoms with Crippen LogP contribution in [0, 0.1) is 0 Å². The van der Waals surface area contributed by atoms with E-state index in [2.05, 4.69) is 5.32 Å². The van der Waals surface area contributed by atoms with Crippen LogP contribution < -0.4 is 10.1 Å². The first-order valence-electron chi connectivity index (χ1n) is 8.78. The lowest BCUT2D eigenvalue weighted by Crippen LogP contribution is -2.14. The Morgan fingerprint density at radius 2 is 1.69 bits per heavy atom. The minimum Gasteiger partial charge on any atom is -0.491 e. The van der Waals surface area contributed by atoms with Crippen LogP contribution >= 0.6 is 0 Å². The zero-order chi connectivity index (χ0) is 19.1. The molecule has 0 spiro atoms. The van der Waals surface area contributed by atoms with Gasteiger partial charge in [-0.1, -0.05) is 13.0 Å². The summed E-state index contributed by atoms with van der Waals surface area (Å²) in [6, 6.07) is 13.7. The summed E-state index contributed by atoms with van der Waals surface area (Å²) in [5, 5.41) is 2.81. The zero-order valence-corrected chi connectivity index (χ0v) is 15.6. The minimum atomic E-state index is -0.382. The summed E-state index contributed by atoms with van der Waals surface area (Å²) < 4.78 is 10.9. The first kappa shape index (κ1) is 19.5. The molecule has 1 atom stereocenters. The number of hydrogen-bond donors (Lipinski definition) is 1. The molecule has 2 aromatic carbocycles. The van der Waals surface area contributed by atoms with E-state index in [9.17, 15) is 9.59 Å². The van der Waals surface area contributed by atoms with Crippen molar-refractivity contribution in [2.45, 2.75) is 46.3 Å². The molecule has 0 aliphatic rings. The third-order valence-electron chi connectivity index (χ3n) is 3.73. The number of benzene rings is 2. The van der Waals surface area contributed by atoms with Crippen LogP contribution in [0.15, 0.2) is 48.5 Å². The van der Waals surface area contributed by atoms with Gasteiger partial charge in [0.05, 0.1) is 17.8 Å². The standard InChI is InChI=1S/C21H25NO4/c1-5-15(4)26-19-8-6-7-17(13-19)20(23)22-18-11-9-16(10-12-18)21(24)25-14(2)3/h6-15H,5H2,1-4H3,(H,22,23). The fourth-order valence-corrected chi connectivity index (χ4v) is 2.20. The van der Waals surface area contributed by atoms with Crippen LogP contribution in [-0.4, -0.2) is 24.1 Å². The van der Waals surface area contributed by atoms with Gasteiger partial charge < -0.3 is 14.8 Å². The summed E-state index contributed by atoms with van der Waals surface area (Å²) in [6.07, 6.45) is 0.806. The van der Waals surface area contributed by atoms with E-state index in [4.69, 9.17) is 9.47 Å². The molecule has 0 aliphatic carbocycles. The van der Waals surface area contributed by atoms with E-state index in [0.29, 0.717) is 22.6 Å². The normalized spacial score (nSPS) is 11.7. The molecule has 26 heavy (non-hydrogen) atoms. The lowest BCUT2D eigenvalue weighted by Gasteiger charge is -2.13. The van der Waals surface area contributed by atoms with Crippen LogP contribution in [-0.2, 0) is 4.74 Å². The van der Waals surface area contributed by atoms with Crippen LogP contribution in [0.2, 0.25) is 0 Å². The molecular formula is C21H25NO4. The smallest absolute Gasteiger partial charge is 0.338 e. The molecule has 1 unspecified atom stereocenters. The number of rotatable bonds is 7. The number of ether oxygens (including phenoxy) is 2. The molecule has 5 heteroatoms.